The smallest absolute Gasteiger partial charge is 0.307 e. The lowest BCUT2D eigenvalue weighted by Gasteiger charge is -2.24. The number of unbranched alkanes of at least 4 members (excludes halogenated alkanes) is 1. The number of carbonyl (C=O) groups is 1. The van der Waals surface area contributed by atoms with Crippen LogP contribution in [0.5, 0.6) is 11.5 Å². The summed E-state index contributed by atoms with van der Waals surface area (Å²) in [7, 11) is 0. The first-order valence-electron chi connectivity index (χ1n) is 17.0. The van der Waals surface area contributed by atoms with Crippen molar-refractivity contribution in [3.8, 4) is 11.5 Å². The molecule has 1 heterocycles. The van der Waals surface area contributed by atoms with Gasteiger partial charge in [0.15, 0.2) is 0 Å². The van der Waals surface area contributed by atoms with Crippen LogP contribution in [0, 0.1) is 19.8 Å². The van der Waals surface area contributed by atoms with Crippen LogP contribution in [0.2, 0.25) is 0 Å². The SMILES string of the molecule is CCCCc1nc(C)n(CC2CCCCC2)c(=O)c1Cc1cc(CCC)c(Oc2c(C)cccc2CC(=O)O)c(CCC)c1. The van der Waals surface area contributed by atoms with Crippen LogP contribution in [0.15, 0.2) is 35.1 Å². The van der Waals surface area contributed by atoms with E-state index < -0.39 is 5.97 Å². The average molecular weight is 601 g/mol. The van der Waals surface area contributed by atoms with Crippen molar-refractivity contribution in [3.63, 3.8) is 0 Å². The van der Waals surface area contributed by atoms with Gasteiger partial charge in [-0.15, -0.1) is 0 Å². The molecule has 6 nitrogen and oxygen atoms in total. The Balaban J connectivity index is 1.78. The van der Waals surface area contributed by atoms with Crippen LogP contribution in [0.25, 0.3) is 0 Å². The van der Waals surface area contributed by atoms with Crippen LogP contribution < -0.4 is 10.3 Å². The number of rotatable bonds is 15. The van der Waals surface area contributed by atoms with E-state index in [1.54, 1.807) is 0 Å². The standard InChI is InChI=1S/C38H52N2O4/c1-6-9-20-34-33(38(43)40(27(5)39-34)25-28-17-11-10-12-18-28)23-29-21-30(14-7-2)37(31(22-29)15-8-3)44-36-26(4)16-13-19-32(36)24-35(41)42/h13,16,19,21-22,28H,6-12,14-15,17-18,20,23-25H2,1-5H3,(H,41,42). The Hall–Kier alpha value is -3.41. The van der Waals surface area contributed by atoms with E-state index in [0.717, 1.165) is 96.6 Å². The number of aromatic nitrogens is 2. The number of nitrogens with zero attached hydrogens (tertiary/aromatic N) is 2. The van der Waals surface area contributed by atoms with Gasteiger partial charge < -0.3 is 9.84 Å². The first-order valence-corrected chi connectivity index (χ1v) is 17.0. The Morgan fingerprint density at radius 3 is 2.23 bits per heavy atom. The molecule has 0 bridgehead atoms. The van der Waals surface area contributed by atoms with E-state index in [1.807, 2.05) is 36.6 Å². The van der Waals surface area contributed by atoms with Crippen LogP contribution in [0.4, 0.5) is 0 Å². The minimum atomic E-state index is -0.877. The van der Waals surface area contributed by atoms with Crippen LogP contribution in [-0.2, 0) is 43.4 Å². The minimum absolute atomic E-state index is 0.0879. The zero-order chi connectivity index (χ0) is 31.6. The maximum Gasteiger partial charge on any atom is 0.307 e. The molecule has 1 aromatic heterocycles. The second kappa shape index (κ2) is 16.1. The van der Waals surface area contributed by atoms with E-state index in [2.05, 4.69) is 32.9 Å². The normalized spacial score (nSPS) is 13.8. The molecule has 1 aliphatic rings. The van der Waals surface area contributed by atoms with Gasteiger partial charge in [0.25, 0.3) is 5.56 Å². The van der Waals surface area contributed by atoms with Gasteiger partial charge in [-0.25, -0.2) is 4.98 Å². The molecular weight excluding hydrogens is 548 g/mol. The molecule has 0 atom stereocenters. The highest BCUT2D eigenvalue weighted by Gasteiger charge is 2.22. The van der Waals surface area contributed by atoms with Gasteiger partial charge in [-0.1, -0.05) is 89.6 Å². The Labute approximate surface area is 263 Å². The molecule has 0 amide bonds. The van der Waals surface area contributed by atoms with Crippen molar-refractivity contribution in [3.05, 3.63) is 85.6 Å². The van der Waals surface area contributed by atoms with Crippen LogP contribution in [-0.4, -0.2) is 20.6 Å². The van der Waals surface area contributed by atoms with E-state index in [1.165, 1.54) is 32.1 Å². The summed E-state index contributed by atoms with van der Waals surface area (Å²) in [6, 6.07) is 10.1. The molecule has 1 saturated carbocycles. The van der Waals surface area contributed by atoms with E-state index in [0.29, 0.717) is 23.7 Å². The molecule has 1 fully saturated rings. The molecule has 0 saturated heterocycles. The van der Waals surface area contributed by atoms with Crippen LogP contribution in [0.1, 0.15) is 123 Å². The van der Waals surface area contributed by atoms with Crippen molar-refractivity contribution in [1.82, 2.24) is 9.55 Å². The Bertz CT molecular complexity index is 1460. The average Bonchev–Trinajstić information content (AvgIpc) is 2.99. The number of benzene rings is 2. The maximum absolute atomic E-state index is 14.2. The molecule has 238 valence electrons. The third-order valence-electron chi connectivity index (χ3n) is 9.03. The lowest BCUT2D eigenvalue weighted by Crippen LogP contribution is -2.32. The van der Waals surface area contributed by atoms with E-state index in [-0.39, 0.29) is 12.0 Å². The number of aliphatic carboxylic acids is 1. The molecule has 1 N–H and O–H groups in total. The highest BCUT2D eigenvalue weighted by atomic mass is 16.5. The topological polar surface area (TPSA) is 81.4 Å². The lowest BCUT2D eigenvalue weighted by molar-refractivity contribution is -0.136. The summed E-state index contributed by atoms with van der Waals surface area (Å²) >= 11 is 0. The molecule has 2 aromatic carbocycles. The molecule has 1 aliphatic carbocycles. The number of hydrogen-bond donors (Lipinski definition) is 1. The second-order valence-corrected chi connectivity index (χ2v) is 12.8. The van der Waals surface area contributed by atoms with Crippen molar-refractivity contribution < 1.29 is 14.6 Å². The number of para-hydroxylation sites is 1. The summed E-state index contributed by atoms with van der Waals surface area (Å²) in [5.74, 6) is 1.98. The van der Waals surface area contributed by atoms with Crippen LogP contribution in [0.3, 0.4) is 0 Å². The molecule has 3 aromatic rings. The predicted molar refractivity (Wildman–Crippen MR) is 178 cm³/mol. The zero-order valence-electron chi connectivity index (χ0n) is 27.6. The summed E-state index contributed by atoms with van der Waals surface area (Å²) in [6.45, 7) is 11.2. The van der Waals surface area contributed by atoms with Crippen LogP contribution >= 0.6 is 0 Å². The Morgan fingerprint density at radius 2 is 1.61 bits per heavy atom. The van der Waals surface area contributed by atoms with Gasteiger partial charge in [-0.05, 0) is 80.5 Å². The van der Waals surface area contributed by atoms with Crippen molar-refractivity contribution in [2.75, 3.05) is 0 Å². The number of ether oxygens (including phenoxy) is 1. The molecule has 0 aliphatic heterocycles. The van der Waals surface area contributed by atoms with E-state index >= 15 is 0 Å². The fourth-order valence-electron chi connectivity index (χ4n) is 6.77. The number of hydrogen-bond acceptors (Lipinski definition) is 4. The van der Waals surface area contributed by atoms with Crippen molar-refractivity contribution in [2.24, 2.45) is 5.92 Å². The third-order valence-corrected chi connectivity index (χ3v) is 9.03. The Morgan fingerprint density at radius 1 is 0.932 bits per heavy atom. The molecule has 0 unspecified atom stereocenters. The lowest BCUT2D eigenvalue weighted by atomic mass is 9.89. The maximum atomic E-state index is 14.2. The predicted octanol–water partition coefficient (Wildman–Crippen LogP) is 8.70. The molecule has 6 heteroatoms. The van der Waals surface area contributed by atoms with E-state index in [4.69, 9.17) is 9.72 Å². The largest absolute Gasteiger partial charge is 0.481 e. The quantitative estimate of drug-likeness (QED) is 0.189. The summed E-state index contributed by atoms with van der Waals surface area (Å²) in [5, 5.41) is 9.54. The summed E-state index contributed by atoms with van der Waals surface area (Å²) in [4.78, 5) is 30.9. The monoisotopic (exact) mass is 600 g/mol. The van der Waals surface area contributed by atoms with Crippen molar-refractivity contribution in [2.45, 2.75) is 131 Å². The fourth-order valence-corrected chi connectivity index (χ4v) is 6.77. The summed E-state index contributed by atoms with van der Waals surface area (Å²) < 4.78 is 8.65. The van der Waals surface area contributed by atoms with Gasteiger partial charge in [0.2, 0.25) is 0 Å². The van der Waals surface area contributed by atoms with Crippen molar-refractivity contribution in [1.29, 1.82) is 0 Å². The van der Waals surface area contributed by atoms with E-state index in [9.17, 15) is 14.7 Å². The molecule has 0 radical (unpaired) electrons. The van der Waals surface area contributed by atoms with Gasteiger partial charge >= 0.3 is 5.97 Å². The first-order chi connectivity index (χ1) is 21.2. The molecule has 0 spiro atoms. The highest BCUT2D eigenvalue weighted by molar-refractivity contribution is 5.72. The summed E-state index contributed by atoms with van der Waals surface area (Å²) in [5.41, 5.74) is 6.83. The number of aryl methyl sites for hydroxylation is 5. The van der Waals surface area contributed by atoms with Crippen molar-refractivity contribution >= 4 is 5.97 Å². The third kappa shape index (κ3) is 8.40. The number of carboxylic acid groups (broad SMARTS) is 1. The Kier molecular flexibility index (Phi) is 12.2. The van der Waals surface area contributed by atoms with Gasteiger partial charge in [0.05, 0.1) is 12.1 Å². The zero-order valence-corrected chi connectivity index (χ0v) is 27.6. The van der Waals surface area contributed by atoms with Gasteiger partial charge in [0.1, 0.15) is 17.3 Å². The first kappa shape index (κ1) is 33.5. The molecular formula is C38H52N2O4. The minimum Gasteiger partial charge on any atom is -0.481 e. The molecule has 44 heavy (non-hydrogen) atoms. The van der Waals surface area contributed by atoms with Gasteiger partial charge in [0, 0.05) is 24.1 Å². The summed E-state index contributed by atoms with van der Waals surface area (Å²) in [6.07, 6.45) is 13.1. The van der Waals surface area contributed by atoms with Gasteiger partial charge in [-0.2, -0.15) is 0 Å². The fraction of sp³-hybridized carbons (Fsp3) is 0.553. The number of carboxylic acids is 1. The molecule has 4 rings (SSSR count). The second-order valence-electron chi connectivity index (χ2n) is 12.8. The highest BCUT2D eigenvalue weighted by Crippen LogP contribution is 2.37. The van der Waals surface area contributed by atoms with Gasteiger partial charge in [-0.3, -0.25) is 14.2 Å².